The molecule has 6 rings (SSSR count). The fraction of sp³-hybridized carbons (Fsp3) is 0.458. The van der Waals surface area contributed by atoms with Gasteiger partial charge in [0.25, 0.3) is 5.91 Å². The second-order valence-corrected chi connectivity index (χ2v) is 9.26. The summed E-state index contributed by atoms with van der Waals surface area (Å²) in [6.07, 6.45) is 11.1. The van der Waals surface area contributed by atoms with Crippen LogP contribution < -0.4 is 10.2 Å². The van der Waals surface area contributed by atoms with Crippen molar-refractivity contribution in [2.45, 2.75) is 31.7 Å². The maximum atomic E-state index is 13.1. The summed E-state index contributed by atoms with van der Waals surface area (Å²) in [5, 5.41) is 22.2. The molecular formula is C24H28N8O3. The van der Waals surface area contributed by atoms with Crippen molar-refractivity contribution in [2.24, 2.45) is 5.92 Å². The Morgan fingerprint density at radius 3 is 2.80 bits per heavy atom. The number of ether oxygens (including phenoxy) is 1. The molecule has 0 radical (unpaired) electrons. The van der Waals surface area contributed by atoms with Crippen molar-refractivity contribution in [3.05, 3.63) is 42.5 Å². The van der Waals surface area contributed by atoms with E-state index in [-0.39, 0.29) is 12.5 Å². The first kappa shape index (κ1) is 21.9. The highest BCUT2D eigenvalue weighted by Crippen LogP contribution is 2.32. The number of rotatable bonds is 5. The van der Waals surface area contributed by atoms with Gasteiger partial charge in [-0.1, -0.05) is 0 Å². The molecule has 0 unspecified atom stereocenters. The number of nitrogens with one attached hydrogen (secondary N) is 1. The number of carbonyl (C=O) groups excluding carboxylic acids is 1. The standard InChI is InChI=1S/C24H28N8O3/c33-15-16-1-3-18(4-2-16)32-14-17-11-21(25-13-20(17)29-32)27-24(34)19-12-26-31-6-5-22(28-23(19)31)30-7-9-35-10-8-30/h5-6,11-14,16,18,33H,1-4,7-10,15H2,(H,27,34). The number of aliphatic hydroxyl groups excluding tert-OH is 1. The molecule has 35 heavy (non-hydrogen) atoms. The van der Waals surface area contributed by atoms with Gasteiger partial charge in [0.05, 0.1) is 31.6 Å². The molecule has 2 aliphatic rings. The SMILES string of the molecule is O=C(Nc1cc2cn(C3CCC(CO)CC3)nc2cn1)c1cnn2ccc(N3CCOCC3)nc12. The summed E-state index contributed by atoms with van der Waals surface area (Å²) in [6, 6.07) is 4.07. The number of amides is 1. The van der Waals surface area contributed by atoms with E-state index in [2.05, 4.69) is 20.3 Å². The largest absolute Gasteiger partial charge is 0.396 e. The molecule has 2 N–H and O–H groups in total. The van der Waals surface area contributed by atoms with Gasteiger partial charge in [-0.05, 0) is 43.7 Å². The van der Waals surface area contributed by atoms with Crippen molar-refractivity contribution in [3.8, 4) is 0 Å². The first-order valence-corrected chi connectivity index (χ1v) is 12.1. The number of carbonyl (C=O) groups is 1. The summed E-state index contributed by atoms with van der Waals surface area (Å²) in [6.45, 7) is 3.11. The third kappa shape index (κ3) is 4.32. The van der Waals surface area contributed by atoms with Crippen LogP contribution in [-0.2, 0) is 4.74 Å². The summed E-state index contributed by atoms with van der Waals surface area (Å²) in [7, 11) is 0. The number of pyridine rings is 1. The van der Waals surface area contributed by atoms with E-state index in [9.17, 15) is 9.90 Å². The topological polar surface area (TPSA) is 123 Å². The first-order chi connectivity index (χ1) is 17.2. The molecule has 1 aliphatic heterocycles. The lowest BCUT2D eigenvalue weighted by atomic mass is 9.87. The van der Waals surface area contributed by atoms with Gasteiger partial charge in [0.15, 0.2) is 5.65 Å². The number of morpholine rings is 1. The Kier molecular flexibility index (Phi) is 5.78. The van der Waals surface area contributed by atoms with E-state index in [1.54, 1.807) is 10.7 Å². The fourth-order valence-electron chi connectivity index (χ4n) is 4.97. The minimum atomic E-state index is -0.312. The molecule has 1 saturated heterocycles. The summed E-state index contributed by atoms with van der Waals surface area (Å²) in [4.78, 5) is 24.3. The number of aliphatic hydroxyl groups is 1. The zero-order chi connectivity index (χ0) is 23.8. The van der Waals surface area contributed by atoms with Crippen molar-refractivity contribution in [3.63, 3.8) is 0 Å². The molecule has 1 saturated carbocycles. The zero-order valence-electron chi connectivity index (χ0n) is 19.4. The molecule has 4 aromatic heterocycles. The number of fused-ring (bicyclic) bond motifs is 2. The van der Waals surface area contributed by atoms with Gasteiger partial charge in [0.1, 0.15) is 22.7 Å². The number of nitrogens with zero attached hydrogens (tertiary/aromatic N) is 7. The van der Waals surface area contributed by atoms with Crippen LogP contribution in [0.2, 0.25) is 0 Å². The first-order valence-electron chi connectivity index (χ1n) is 12.1. The van der Waals surface area contributed by atoms with E-state index in [0.717, 1.165) is 55.5 Å². The van der Waals surface area contributed by atoms with Gasteiger partial charge in [-0.2, -0.15) is 10.2 Å². The minimum absolute atomic E-state index is 0.261. The fourth-order valence-corrected chi connectivity index (χ4v) is 4.97. The molecular weight excluding hydrogens is 448 g/mol. The molecule has 1 amide bonds. The average Bonchev–Trinajstić information content (AvgIpc) is 3.53. The van der Waals surface area contributed by atoms with Crippen LogP contribution in [0.4, 0.5) is 11.6 Å². The van der Waals surface area contributed by atoms with Crippen LogP contribution in [0.1, 0.15) is 42.1 Å². The van der Waals surface area contributed by atoms with Gasteiger partial charge in [-0.3, -0.25) is 9.48 Å². The van der Waals surface area contributed by atoms with Crippen molar-refractivity contribution in [1.82, 2.24) is 29.4 Å². The normalized spacial score (nSPS) is 21.0. The Morgan fingerprint density at radius 1 is 1.17 bits per heavy atom. The van der Waals surface area contributed by atoms with E-state index in [4.69, 9.17) is 14.8 Å². The molecule has 5 heterocycles. The second kappa shape index (κ2) is 9.23. The van der Waals surface area contributed by atoms with Gasteiger partial charge >= 0.3 is 0 Å². The molecule has 1 aliphatic carbocycles. The Bertz CT molecular complexity index is 1350. The predicted molar refractivity (Wildman–Crippen MR) is 130 cm³/mol. The maximum Gasteiger partial charge on any atom is 0.262 e. The summed E-state index contributed by atoms with van der Waals surface area (Å²) in [5.74, 6) is 1.34. The van der Waals surface area contributed by atoms with Gasteiger partial charge in [0.2, 0.25) is 0 Å². The van der Waals surface area contributed by atoms with Crippen LogP contribution in [0.15, 0.2) is 36.9 Å². The van der Waals surface area contributed by atoms with Gasteiger partial charge < -0.3 is 20.1 Å². The van der Waals surface area contributed by atoms with Crippen LogP contribution >= 0.6 is 0 Å². The number of anilines is 2. The molecule has 4 aromatic rings. The van der Waals surface area contributed by atoms with Gasteiger partial charge in [-0.25, -0.2) is 14.5 Å². The van der Waals surface area contributed by atoms with Crippen LogP contribution in [0.3, 0.4) is 0 Å². The lowest BCUT2D eigenvalue weighted by Gasteiger charge is -2.27. The maximum absolute atomic E-state index is 13.1. The Morgan fingerprint density at radius 2 is 2.00 bits per heavy atom. The zero-order valence-corrected chi connectivity index (χ0v) is 19.4. The summed E-state index contributed by atoms with van der Waals surface area (Å²) < 4.78 is 9.03. The molecule has 0 atom stereocenters. The number of hydrogen-bond acceptors (Lipinski definition) is 8. The van der Waals surface area contributed by atoms with E-state index >= 15 is 0 Å². The van der Waals surface area contributed by atoms with Crippen molar-refractivity contribution in [2.75, 3.05) is 43.1 Å². The Balaban J connectivity index is 1.20. The van der Waals surface area contributed by atoms with Crippen LogP contribution in [-0.4, -0.2) is 73.3 Å². The molecule has 0 spiro atoms. The Labute approximate surface area is 201 Å². The van der Waals surface area contributed by atoms with Crippen LogP contribution in [0.25, 0.3) is 16.6 Å². The molecule has 11 heteroatoms. The third-order valence-corrected chi connectivity index (χ3v) is 7.03. The van der Waals surface area contributed by atoms with Crippen molar-refractivity contribution in [1.29, 1.82) is 0 Å². The van der Waals surface area contributed by atoms with Crippen LogP contribution in [0.5, 0.6) is 0 Å². The molecule has 0 aromatic carbocycles. The molecule has 0 bridgehead atoms. The summed E-state index contributed by atoms with van der Waals surface area (Å²) in [5.41, 5.74) is 1.68. The van der Waals surface area contributed by atoms with E-state index in [1.807, 2.05) is 29.2 Å². The van der Waals surface area contributed by atoms with Crippen molar-refractivity contribution >= 4 is 34.1 Å². The monoisotopic (exact) mass is 476 g/mol. The van der Waals surface area contributed by atoms with E-state index in [0.29, 0.717) is 42.2 Å². The highest BCUT2D eigenvalue weighted by atomic mass is 16.5. The van der Waals surface area contributed by atoms with Gasteiger partial charge in [0, 0.05) is 37.5 Å². The quantitative estimate of drug-likeness (QED) is 0.450. The molecule has 182 valence electrons. The van der Waals surface area contributed by atoms with Crippen LogP contribution in [0, 0.1) is 5.92 Å². The number of hydrogen-bond donors (Lipinski definition) is 2. The Hall–Kier alpha value is -3.57. The summed E-state index contributed by atoms with van der Waals surface area (Å²) >= 11 is 0. The van der Waals surface area contributed by atoms with E-state index < -0.39 is 0 Å². The average molecular weight is 477 g/mol. The smallest absolute Gasteiger partial charge is 0.262 e. The van der Waals surface area contributed by atoms with E-state index in [1.165, 1.54) is 6.20 Å². The number of aromatic nitrogens is 6. The second-order valence-electron chi connectivity index (χ2n) is 9.26. The minimum Gasteiger partial charge on any atom is -0.396 e. The molecule has 2 fully saturated rings. The molecule has 11 nitrogen and oxygen atoms in total. The highest BCUT2D eigenvalue weighted by Gasteiger charge is 2.23. The van der Waals surface area contributed by atoms with Gasteiger partial charge in [-0.15, -0.1) is 0 Å². The lowest BCUT2D eigenvalue weighted by molar-refractivity contribution is 0.102. The van der Waals surface area contributed by atoms with Crippen molar-refractivity contribution < 1.29 is 14.6 Å². The third-order valence-electron chi connectivity index (χ3n) is 7.03. The lowest BCUT2D eigenvalue weighted by Crippen LogP contribution is -2.36. The highest BCUT2D eigenvalue weighted by molar-refractivity contribution is 6.08. The predicted octanol–water partition coefficient (Wildman–Crippen LogP) is 2.29.